The first-order chi connectivity index (χ1) is 12.8. The van der Waals surface area contributed by atoms with E-state index in [2.05, 4.69) is 15.3 Å². The lowest BCUT2D eigenvalue weighted by molar-refractivity contribution is -0.116. The van der Waals surface area contributed by atoms with Gasteiger partial charge < -0.3 is 9.88 Å². The molecule has 0 spiro atoms. The highest BCUT2D eigenvalue weighted by Crippen LogP contribution is 2.20. The Labute approximate surface area is 157 Å². The molecule has 2 aromatic heterocycles. The number of carbonyl (C=O) groups is 1. The topological polar surface area (TPSA) is 97.2 Å². The van der Waals surface area contributed by atoms with Crippen LogP contribution >= 0.6 is 0 Å². The van der Waals surface area contributed by atoms with E-state index in [9.17, 15) is 13.2 Å². The Balaban J connectivity index is 1.70. The molecule has 27 heavy (non-hydrogen) atoms. The van der Waals surface area contributed by atoms with Crippen molar-refractivity contribution in [3.63, 3.8) is 0 Å². The highest BCUT2D eigenvalue weighted by atomic mass is 32.2. The van der Waals surface area contributed by atoms with Crippen molar-refractivity contribution in [3.05, 3.63) is 48.4 Å². The monoisotopic (exact) mass is 387 g/mol. The Kier molecular flexibility index (Phi) is 5.24. The van der Waals surface area contributed by atoms with Crippen LogP contribution in [0.5, 0.6) is 0 Å². The summed E-state index contributed by atoms with van der Waals surface area (Å²) < 4.78 is 27.4. The smallest absolute Gasteiger partial charge is 0.242 e. The average molecular weight is 387 g/mol. The number of nitrogens with zero attached hydrogens (tertiary/aromatic N) is 4. The maximum absolute atomic E-state index is 12.2. The predicted molar refractivity (Wildman–Crippen MR) is 103 cm³/mol. The summed E-state index contributed by atoms with van der Waals surface area (Å²) in [6.45, 7) is 2.35. The molecule has 0 aliphatic heterocycles. The minimum absolute atomic E-state index is 0.153. The first-order valence-electron chi connectivity index (χ1n) is 8.37. The van der Waals surface area contributed by atoms with Crippen molar-refractivity contribution in [1.29, 1.82) is 0 Å². The molecule has 0 aliphatic rings. The quantitative estimate of drug-likeness (QED) is 0.698. The maximum atomic E-state index is 12.2. The minimum atomic E-state index is -3.51. The molecule has 2 heterocycles. The van der Waals surface area contributed by atoms with E-state index in [4.69, 9.17) is 0 Å². The number of anilines is 1. The van der Waals surface area contributed by atoms with Crippen LogP contribution in [0.15, 0.2) is 47.8 Å². The normalized spacial score (nSPS) is 11.9. The number of benzene rings is 1. The fourth-order valence-corrected chi connectivity index (χ4v) is 3.48. The first kappa shape index (κ1) is 19.0. The van der Waals surface area contributed by atoms with Crippen LogP contribution in [0.2, 0.25) is 0 Å². The fourth-order valence-electron chi connectivity index (χ4n) is 2.56. The second-order valence-electron chi connectivity index (χ2n) is 6.39. The highest BCUT2D eigenvalue weighted by molar-refractivity contribution is 7.89. The summed E-state index contributed by atoms with van der Waals surface area (Å²) in [6, 6.07) is 8.43. The van der Waals surface area contributed by atoms with Crippen LogP contribution in [0, 0.1) is 6.92 Å². The lowest BCUT2D eigenvalue weighted by Crippen LogP contribution is -2.22. The zero-order valence-corrected chi connectivity index (χ0v) is 16.2. The van der Waals surface area contributed by atoms with Gasteiger partial charge in [-0.05, 0) is 36.8 Å². The number of rotatable bonds is 6. The Bertz CT molecular complexity index is 1070. The average Bonchev–Trinajstić information content (AvgIpc) is 3.04. The van der Waals surface area contributed by atoms with Crippen molar-refractivity contribution in [3.8, 4) is 0 Å². The lowest BCUT2D eigenvalue weighted by atomic mass is 10.3. The number of aryl methyl sites for hydroxylation is 2. The lowest BCUT2D eigenvalue weighted by Gasteiger charge is -2.11. The Morgan fingerprint density at radius 2 is 1.96 bits per heavy atom. The van der Waals surface area contributed by atoms with Crippen molar-refractivity contribution in [1.82, 2.24) is 18.8 Å². The van der Waals surface area contributed by atoms with Gasteiger partial charge in [0.1, 0.15) is 5.82 Å². The van der Waals surface area contributed by atoms with E-state index < -0.39 is 10.0 Å². The molecule has 1 N–H and O–H groups in total. The molecule has 1 amide bonds. The van der Waals surface area contributed by atoms with Crippen molar-refractivity contribution >= 4 is 32.8 Å². The summed E-state index contributed by atoms with van der Waals surface area (Å²) >= 11 is 0. The van der Waals surface area contributed by atoms with Gasteiger partial charge in [0.15, 0.2) is 0 Å². The van der Waals surface area contributed by atoms with Gasteiger partial charge in [-0.3, -0.25) is 4.79 Å². The number of hydrogen-bond donors (Lipinski definition) is 1. The van der Waals surface area contributed by atoms with Crippen LogP contribution in [-0.4, -0.2) is 47.3 Å². The third-order valence-electron chi connectivity index (χ3n) is 4.13. The molecular formula is C18H21N5O3S. The highest BCUT2D eigenvalue weighted by Gasteiger charge is 2.18. The molecule has 8 nitrogen and oxygen atoms in total. The summed E-state index contributed by atoms with van der Waals surface area (Å²) in [5.74, 6) is 0.361. The number of imidazole rings is 1. The van der Waals surface area contributed by atoms with Gasteiger partial charge in [-0.15, -0.1) is 0 Å². The second-order valence-corrected chi connectivity index (χ2v) is 8.55. The van der Waals surface area contributed by atoms with Crippen molar-refractivity contribution in [2.45, 2.75) is 24.8 Å². The third-order valence-corrected chi connectivity index (χ3v) is 5.94. The van der Waals surface area contributed by atoms with Crippen molar-refractivity contribution in [2.75, 3.05) is 19.4 Å². The zero-order chi connectivity index (χ0) is 19.6. The molecule has 0 atom stereocenters. The number of hydrogen-bond acceptors (Lipinski definition) is 5. The van der Waals surface area contributed by atoms with Crippen molar-refractivity contribution < 1.29 is 13.2 Å². The summed E-state index contributed by atoms with van der Waals surface area (Å²) in [4.78, 5) is 20.7. The van der Waals surface area contributed by atoms with Gasteiger partial charge in [-0.25, -0.2) is 22.7 Å². The Morgan fingerprint density at radius 3 is 2.63 bits per heavy atom. The summed E-state index contributed by atoms with van der Waals surface area (Å²) in [6.07, 6.45) is 3.55. The number of pyridine rings is 1. The SMILES string of the molecule is Cc1ccc(NC(=O)CCn2cnc3cc(S(=O)(=O)N(C)C)ccc32)nc1. The molecule has 142 valence electrons. The predicted octanol–water partition coefficient (Wildman–Crippen LogP) is 2.02. The van der Waals surface area contributed by atoms with Crippen LogP contribution in [0.3, 0.4) is 0 Å². The van der Waals surface area contributed by atoms with E-state index >= 15 is 0 Å². The van der Waals surface area contributed by atoms with E-state index in [1.165, 1.54) is 20.2 Å². The Morgan fingerprint density at radius 1 is 1.19 bits per heavy atom. The van der Waals surface area contributed by atoms with Crippen molar-refractivity contribution in [2.24, 2.45) is 0 Å². The van der Waals surface area contributed by atoms with Crippen LogP contribution in [0.1, 0.15) is 12.0 Å². The van der Waals surface area contributed by atoms with Gasteiger partial charge in [0, 0.05) is 33.3 Å². The summed E-state index contributed by atoms with van der Waals surface area (Å²) in [7, 11) is -0.538. The van der Waals surface area contributed by atoms with Crippen LogP contribution in [0.25, 0.3) is 11.0 Å². The Hall–Kier alpha value is -2.78. The molecule has 3 rings (SSSR count). The maximum Gasteiger partial charge on any atom is 0.242 e. The van der Waals surface area contributed by atoms with Crippen LogP contribution < -0.4 is 5.32 Å². The molecule has 9 heteroatoms. The molecule has 0 radical (unpaired) electrons. The first-order valence-corrected chi connectivity index (χ1v) is 9.81. The molecule has 0 bridgehead atoms. The molecule has 0 fully saturated rings. The van der Waals surface area contributed by atoms with Gasteiger partial charge in [0.05, 0.1) is 22.3 Å². The molecule has 0 unspecified atom stereocenters. The van der Waals surface area contributed by atoms with Gasteiger partial charge in [0.2, 0.25) is 15.9 Å². The van der Waals surface area contributed by atoms with Gasteiger partial charge in [-0.1, -0.05) is 6.07 Å². The number of sulfonamides is 1. The van der Waals surface area contributed by atoms with Crippen LogP contribution in [-0.2, 0) is 21.4 Å². The van der Waals surface area contributed by atoms with E-state index in [-0.39, 0.29) is 17.2 Å². The molecule has 0 aliphatic carbocycles. The number of fused-ring (bicyclic) bond motifs is 1. The summed E-state index contributed by atoms with van der Waals surface area (Å²) in [5.41, 5.74) is 2.36. The van der Waals surface area contributed by atoms with Crippen LogP contribution in [0.4, 0.5) is 5.82 Å². The van der Waals surface area contributed by atoms with Gasteiger partial charge >= 0.3 is 0 Å². The molecule has 1 aromatic carbocycles. The number of nitrogens with one attached hydrogen (secondary N) is 1. The fraction of sp³-hybridized carbons (Fsp3) is 0.278. The van der Waals surface area contributed by atoms with E-state index in [1.54, 1.807) is 30.7 Å². The molecule has 3 aromatic rings. The second kappa shape index (κ2) is 7.45. The number of aromatic nitrogens is 3. The van der Waals surface area contributed by atoms with E-state index in [1.807, 2.05) is 17.6 Å². The van der Waals surface area contributed by atoms with E-state index in [0.717, 1.165) is 15.4 Å². The zero-order valence-electron chi connectivity index (χ0n) is 15.4. The van der Waals surface area contributed by atoms with Gasteiger partial charge in [-0.2, -0.15) is 0 Å². The summed E-state index contributed by atoms with van der Waals surface area (Å²) in [5, 5.41) is 2.75. The molecular weight excluding hydrogens is 366 g/mol. The molecule has 0 saturated heterocycles. The number of amides is 1. The molecule has 0 saturated carbocycles. The standard InChI is InChI=1S/C18H21N5O3S/c1-13-4-7-17(19-11-13)21-18(24)8-9-23-12-20-15-10-14(5-6-16(15)23)27(25,26)22(2)3/h4-7,10-12H,8-9H2,1-3H3,(H,19,21,24). The third kappa shape index (κ3) is 4.15. The van der Waals surface area contributed by atoms with Gasteiger partial charge in [0.25, 0.3) is 0 Å². The largest absolute Gasteiger partial charge is 0.330 e. The minimum Gasteiger partial charge on any atom is -0.330 e. The number of carbonyl (C=O) groups excluding carboxylic acids is 1. The van der Waals surface area contributed by atoms with E-state index in [0.29, 0.717) is 17.9 Å².